The number of esters is 2. The molecule has 0 fully saturated rings. The molecular weight excluding hydrogens is 775 g/mol. The molecule has 4 radical (unpaired) electrons. The van der Waals surface area contributed by atoms with Gasteiger partial charge < -0.3 is 29.1 Å². The molecule has 0 aromatic heterocycles. The third-order valence-electron chi connectivity index (χ3n) is 4.88. The van der Waals surface area contributed by atoms with Crippen molar-refractivity contribution >= 4 is 49.9 Å². The molecule has 2 aromatic rings. The monoisotopic (exact) mass is 797 g/mol. The number of hydrogen-bond donors (Lipinski definition) is 0. The minimum absolute atomic E-state index is 0.208. The Bertz CT molecular complexity index is 983. The normalized spacial score (nSPS) is 14.2. The van der Waals surface area contributed by atoms with Gasteiger partial charge in [-0.15, -0.1) is 0 Å². The van der Waals surface area contributed by atoms with E-state index in [0.717, 1.165) is 11.4 Å². The molecule has 192 valence electrons. The molecule has 11 heteroatoms. The third kappa shape index (κ3) is 7.85. The average Bonchev–Trinajstić information content (AvgIpc) is 3.55. The van der Waals surface area contributed by atoms with Gasteiger partial charge in [-0.05, 0) is 62.4 Å². The zero-order valence-corrected chi connectivity index (χ0v) is 25.0. The van der Waals surface area contributed by atoms with Crippen molar-refractivity contribution in [1.82, 2.24) is 9.80 Å². The van der Waals surface area contributed by atoms with Gasteiger partial charge >= 0.3 is 53.0 Å². The fourth-order valence-corrected chi connectivity index (χ4v) is 3.26. The number of ether oxygens (including phenoxy) is 2. The molecule has 0 atom stereocenters. The average molecular weight is 799 g/mol. The zero-order valence-electron chi connectivity index (χ0n) is 19.5. The molecule has 0 amide bonds. The topological polar surface area (TPSA) is 65.6 Å². The second kappa shape index (κ2) is 14.4. The van der Waals surface area contributed by atoms with Gasteiger partial charge in [0.05, 0.1) is 31.0 Å². The maximum absolute atomic E-state index is 11.8. The fourth-order valence-electron chi connectivity index (χ4n) is 3.26. The van der Waals surface area contributed by atoms with E-state index >= 15 is 0 Å². The maximum atomic E-state index is 11.8. The molecule has 4 rings (SSSR count). The molecule has 2 aliphatic heterocycles. The van der Waals surface area contributed by atoms with E-state index in [2.05, 4.69) is 39.9 Å². The summed E-state index contributed by atoms with van der Waals surface area (Å²) in [5.74, 6) is -0.662. The van der Waals surface area contributed by atoms with Gasteiger partial charge in [0.25, 0.3) is 0 Å². The standard InChI is InChI=1S/C25H24N4O4.2BrH.Pt/c1-3-32-24(30)20-5-9-22(10-6-20)28-15-13-26(18-28)17-27-14-16-29(19-27)23-11-7-21(8-12-23)25(31)33-4-2;;;/h5-16H,3-4,17H2,1-2H3;2*1H;/q;;;+2/p-2. The molecule has 0 unspecified atom stereocenters. The van der Waals surface area contributed by atoms with Crippen LogP contribution in [-0.2, 0) is 23.9 Å². The van der Waals surface area contributed by atoms with Gasteiger partial charge in [-0.25, -0.2) is 9.59 Å². The van der Waals surface area contributed by atoms with E-state index in [9.17, 15) is 9.59 Å². The van der Waals surface area contributed by atoms with Gasteiger partial charge in [0.15, 0.2) is 0 Å². The van der Waals surface area contributed by atoms with Crippen LogP contribution < -0.4 is 9.80 Å². The summed E-state index contributed by atoms with van der Waals surface area (Å²) in [5, 5.41) is 0. The predicted octanol–water partition coefficient (Wildman–Crippen LogP) is 5.57. The van der Waals surface area contributed by atoms with E-state index < -0.39 is 0 Å². The van der Waals surface area contributed by atoms with Crippen LogP contribution in [0.2, 0.25) is 0 Å². The van der Waals surface area contributed by atoms with Crippen molar-refractivity contribution in [2.75, 3.05) is 29.7 Å². The molecular formula is C25H24Br2N4O4Pt. The summed E-state index contributed by atoms with van der Waals surface area (Å²) in [5.41, 5.74) is 2.80. The van der Waals surface area contributed by atoms with E-state index in [1.54, 1.807) is 38.1 Å². The first-order valence-corrected chi connectivity index (χ1v) is 20.8. The summed E-state index contributed by atoms with van der Waals surface area (Å²) < 4.78 is 10.0. The first-order valence-electron chi connectivity index (χ1n) is 10.9. The third-order valence-corrected chi connectivity index (χ3v) is 4.88. The number of rotatable bonds is 8. The molecule has 0 N–H and O–H groups in total. The van der Waals surface area contributed by atoms with Crippen molar-refractivity contribution in [2.45, 2.75) is 13.8 Å². The van der Waals surface area contributed by atoms with Crippen LogP contribution in [0, 0.1) is 13.3 Å². The van der Waals surface area contributed by atoms with Crippen LogP contribution >= 0.6 is 26.6 Å². The molecule has 2 aromatic carbocycles. The Morgan fingerprint density at radius 2 is 1.08 bits per heavy atom. The Morgan fingerprint density at radius 3 is 1.42 bits per heavy atom. The second-order valence-corrected chi connectivity index (χ2v) is 17.1. The van der Waals surface area contributed by atoms with Crippen molar-refractivity contribution in [2.24, 2.45) is 0 Å². The quantitative estimate of drug-likeness (QED) is 0.322. The van der Waals surface area contributed by atoms with Crippen molar-refractivity contribution < 1.29 is 33.5 Å². The Hall–Kier alpha value is -2.29. The Balaban J connectivity index is 0.00000115. The van der Waals surface area contributed by atoms with Gasteiger partial charge in [0, 0.05) is 36.2 Å². The Morgan fingerprint density at radius 1 is 0.722 bits per heavy atom. The summed E-state index contributed by atoms with van der Waals surface area (Å²) in [6.45, 7) is 11.3. The number of anilines is 2. The first kappa shape index (κ1) is 28.3. The predicted molar refractivity (Wildman–Crippen MR) is 141 cm³/mol. The van der Waals surface area contributed by atoms with Crippen LogP contribution in [0.3, 0.4) is 0 Å². The van der Waals surface area contributed by atoms with Crippen LogP contribution in [0.5, 0.6) is 0 Å². The molecule has 2 aliphatic rings. The second-order valence-electron chi connectivity index (χ2n) is 7.20. The summed E-state index contributed by atoms with van der Waals surface area (Å²) >= 11 is 6.56. The summed E-state index contributed by atoms with van der Waals surface area (Å²) in [4.78, 5) is 31.1. The summed E-state index contributed by atoms with van der Waals surface area (Å²) in [7, 11) is 0. The summed E-state index contributed by atoms with van der Waals surface area (Å²) in [6, 6.07) is 14.3. The van der Waals surface area contributed by atoms with Crippen LogP contribution in [0.15, 0.2) is 73.3 Å². The van der Waals surface area contributed by atoms with Crippen molar-refractivity contribution in [3.63, 3.8) is 0 Å². The first-order chi connectivity index (χ1) is 17.5. The van der Waals surface area contributed by atoms with Gasteiger partial charge in [-0.3, -0.25) is 0 Å². The van der Waals surface area contributed by atoms with Gasteiger partial charge in [0.2, 0.25) is 13.3 Å². The number of nitrogens with zero attached hydrogens (tertiary/aromatic N) is 4. The van der Waals surface area contributed by atoms with Gasteiger partial charge in [-0.1, -0.05) is 0 Å². The molecule has 0 saturated carbocycles. The van der Waals surface area contributed by atoms with E-state index in [1.807, 2.05) is 68.7 Å². The molecule has 2 heterocycles. The fraction of sp³-hybridized carbons (Fsp3) is 0.200. The van der Waals surface area contributed by atoms with Crippen LogP contribution in [0.4, 0.5) is 11.4 Å². The van der Waals surface area contributed by atoms with E-state index in [1.165, 1.54) is 0 Å². The van der Waals surface area contributed by atoms with Crippen molar-refractivity contribution in [3.05, 3.63) is 97.8 Å². The van der Waals surface area contributed by atoms with E-state index in [0.29, 0.717) is 31.0 Å². The molecule has 0 spiro atoms. The molecule has 0 saturated heterocycles. The SMILES string of the molecule is CCOC(=O)c1ccc(N2[C]N(CN3[C]N(c4ccc(C(=O)OCC)cc4)C=C3)C=C2)cc1.[Br][Pt][Br]. The van der Waals surface area contributed by atoms with E-state index in [4.69, 9.17) is 9.47 Å². The Kier molecular flexibility index (Phi) is 11.4. The summed E-state index contributed by atoms with van der Waals surface area (Å²) in [6.07, 6.45) is 7.60. The number of halogens is 2. The van der Waals surface area contributed by atoms with Crippen molar-refractivity contribution in [1.29, 1.82) is 0 Å². The van der Waals surface area contributed by atoms with Crippen LogP contribution in [-0.4, -0.2) is 41.6 Å². The molecule has 8 nitrogen and oxygen atoms in total. The minimum atomic E-state index is -0.331. The zero-order chi connectivity index (χ0) is 25.9. The molecule has 0 aliphatic carbocycles. The van der Waals surface area contributed by atoms with Gasteiger partial charge in [0.1, 0.15) is 0 Å². The van der Waals surface area contributed by atoms with Gasteiger partial charge in [-0.2, -0.15) is 0 Å². The Labute approximate surface area is 233 Å². The molecule has 0 bridgehead atoms. The van der Waals surface area contributed by atoms with Crippen LogP contribution in [0.1, 0.15) is 34.6 Å². The number of hydrogen-bond acceptors (Lipinski definition) is 8. The van der Waals surface area contributed by atoms with Crippen molar-refractivity contribution in [3.8, 4) is 0 Å². The number of benzene rings is 2. The van der Waals surface area contributed by atoms with E-state index in [-0.39, 0.29) is 26.4 Å². The number of carbonyl (C=O) groups is 2. The molecule has 36 heavy (non-hydrogen) atoms. The number of carbonyl (C=O) groups excluding carboxylic acids is 2. The van der Waals surface area contributed by atoms with Crippen LogP contribution in [0.25, 0.3) is 0 Å².